The van der Waals surface area contributed by atoms with Gasteiger partial charge in [-0.3, -0.25) is 4.79 Å². The Balaban J connectivity index is 1.59. The van der Waals surface area contributed by atoms with Crippen molar-refractivity contribution in [1.29, 1.82) is 0 Å². The molecule has 0 radical (unpaired) electrons. The predicted molar refractivity (Wildman–Crippen MR) is 106 cm³/mol. The largest absolute Gasteiger partial charge is 0.480 e. The summed E-state index contributed by atoms with van der Waals surface area (Å²) in [6.45, 7) is 7.72. The number of ether oxygens (including phenoxy) is 3. The number of carboxylic acids is 1. The lowest BCUT2D eigenvalue weighted by Crippen LogP contribution is -2.43. The minimum Gasteiger partial charge on any atom is -0.480 e. The molecular weight excluding hydrogens is 374 g/mol. The average Bonchev–Trinajstić information content (AvgIpc) is 3.15. The zero-order chi connectivity index (χ0) is 21.2. The molecule has 1 aromatic carbocycles. The summed E-state index contributed by atoms with van der Waals surface area (Å²) in [4.78, 5) is 25.2. The minimum atomic E-state index is -0.998. The van der Waals surface area contributed by atoms with Crippen LogP contribution in [0.3, 0.4) is 0 Å². The van der Waals surface area contributed by atoms with Crippen molar-refractivity contribution < 1.29 is 28.9 Å². The van der Waals surface area contributed by atoms with Crippen LogP contribution in [0.4, 0.5) is 0 Å². The molecule has 1 amide bonds. The van der Waals surface area contributed by atoms with Gasteiger partial charge in [0, 0.05) is 26.3 Å². The number of hydrogen-bond acceptors (Lipinski definition) is 5. The lowest BCUT2D eigenvalue weighted by atomic mass is 10.0. The van der Waals surface area contributed by atoms with E-state index in [4.69, 9.17) is 14.2 Å². The lowest BCUT2D eigenvalue weighted by Gasteiger charge is -2.25. The van der Waals surface area contributed by atoms with Crippen LogP contribution < -0.4 is 4.74 Å². The number of rotatable bonds is 8. The molecule has 0 saturated carbocycles. The number of amides is 1. The summed E-state index contributed by atoms with van der Waals surface area (Å²) in [6.07, 6.45) is 3.99. The fourth-order valence-electron chi connectivity index (χ4n) is 3.32. The second-order valence-electron chi connectivity index (χ2n) is 8.19. The summed E-state index contributed by atoms with van der Waals surface area (Å²) in [5.74, 6) is -0.0170. The number of nitrogens with zero attached hydrogens (tertiary/aromatic N) is 1. The first-order chi connectivity index (χ1) is 13.6. The van der Waals surface area contributed by atoms with Crippen LogP contribution in [0.1, 0.15) is 39.7 Å². The van der Waals surface area contributed by atoms with E-state index in [2.05, 4.69) is 0 Å². The Bertz CT molecular complexity index is 837. The Morgan fingerprint density at radius 3 is 2.52 bits per heavy atom. The Morgan fingerprint density at radius 2 is 1.97 bits per heavy atom. The van der Waals surface area contributed by atoms with Gasteiger partial charge in [-0.1, -0.05) is 26.0 Å². The molecule has 7 nitrogen and oxygen atoms in total. The van der Waals surface area contributed by atoms with Crippen LogP contribution in [-0.4, -0.2) is 40.3 Å². The van der Waals surface area contributed by atoms with Gasteiger partial charge in [-0.15, -0.1) is 0 Å². The summed E-state index contributed by atoms with van der Waals surface area (Å²) in [5, 5.41) is 9.47. The maximum atomic E-state index is 12.3. The molecule has 0 aromatic heterocycles. The number of carboxylic acid groups (broad SMARTS) is 1. The van der Waals surface area contributed by atoms with Crippen LogP contribution in [0, 0.1) is 5.92 Å². The highest BCUT2D eigenvalue weighted by Gasteiger charge is 2.34. The molecular formula is C22H27NO6. The second kappa shape index (κ2) is 8.19. The van der Waals surface area contributed by atoms with E-state index in [1.54, 1.807) is 6.26 Å². The third kappa shape index (κ3) is 5.31. The van der Waals surface area contributed by atoms with E-state index in [1.165, 1.54) is 11.0 Å². The molecule has 0 unspecified atom stereocenters. The van der Waals surface area contributed by atoms with E-state index < -0.39 is 17.8 Å². The fraction of sp³-hybridized carbons (Fsp3) is 0.455. The van der Waals surface area contributed by atoms with Crippen molar-refractivity contribution >= 4 is 11.9 Å². The molecule has 156 valence electrons. The van der Waals surface area contributed by atoms with Crippen LogP contribution >= 0.6 is 0 Å². The van der Waals surface area contributed by atoms with Crippen molar-refractivity contribution in [2.75, 3.05) is 6.54 Å². The molecule has 1 atom stereocenters. The maximum Gasteiger partial charge on any atom is 0.326 e. The summed E-state index contributed by atoms with van der Waals surface area (Å²) in [5.41, 5.74) is 1.03. The van der Waals surface area contributed by atoms with Gasteiger partial charge in [-0.05, 0) is 30.0 Å². The van der Waals surface area contributed by atoms with Crippen LogP contribution in [0.5, 0.6) is 5.75 Å². The molecule has 0 saturated heterocycles. The van der Waals surface area contributed by atoms with Crippen LogP contribution in [0.15, 0.2) is 48.1 Å². The second-order valence-corrected chi connectivity index (χ2v) is 8.19. The summed E-state index contributed by atoms with van der Waals surface area (Å²) < 4.78 is 16.9. The molecule has 0 aliphatic carbocycles. The first-order valence-electron chi connectivity index (χ1n) is 9.69. The molecule has 1 N–H and O–H groups in total. The minimum absolute atomic E-state index is 0.150. The van der Waals surface area contributed by atoms with E-state index in [9.17, 15) is 14.7 Å². The monoisotopic (exact) mass is 401 g/mol. The van der Waals surface area contributed by atoms with Gasteiger partial charge in [-0.25, -0.2) is 4.79 Å². The Labute approximate surface area is 170 Å². The van der Waals surface area contributed by atoms with Gasteiger partial charge in [0.2, 0.25) is 5.79 Å². The molecule has 0 fully saturated rings. The zero-order valence-electron chi connectivity index (χ0n) is 17.2. The third-order valence-corrected chi connectivity index (χ3v) is 4.65. The Kier molecular flexibility index (Phi) is 5.86. The molecule has 0 spiro atoms. The average molecular weight is 401 g/mol. The van der Waals surface area contributed by atoms with E-state index in [1.807, 2.05) is 52.0 Å². The van der Waals surface area contributed by atoms with Crippen LogP contribution in [-0.2, 0) is 25.5 Å². The van der Waals surface area contributed by atoms with Gasteiger partial charge < -0.3 is 24.2 Å². The number of allylic oxidation sites excluding steroid dienone is 1. The van der Waals surface area contributed by atoms with Gasteiger partial charge >= 0.3 is 5.97 Å². The maximum absolute atomic E-state index is 12.3. The van der Waals surface area contributed by atoms with Crippen molar-refractivity contribution in [2.24, 2.45) is 5.92 Å². The number of carbonyl (C=O) groups is 2. The molecule has 1 aromatic rings. The van der Waals surface area contributed by atoms with Crippen molar-refractivity contribution in [3.05, 3.63) is 53.7 Å². The molecule has 29 heavy (non-hydrogen) atoms. The standard InChI is InChI=1S/C22H27NO6/c1-14(2)9-19(21(25)26)23-12-17(11-20(23)24)28-16-7-5-15(6-8-16)10-18-13-27-22(3,4)29-18/h5-8,11,13-14,19H,9-10,12H2,1-4H3,(H,25,26)/t19-/m0/s1. The Hall–Kier alpha value is -2.96. The third-order valence-electron chi connectivity index (χ3n) is 4.65. The molecule has 7 heteroatoms. The van der Waals surface area contributed by atoms with Crippen molar-refractivity contribution in [3.8, 4) is 5.75 Å². The molecule has 2 aliphatic heterocycles. The smallest absolute Gasteiger partial charge is 0.326 e. The molecule has 3 rings (SSSR count). The zero-order valence-corrected chi connectivity index (χ0v) is 17.2. The van der Waals surface area contributed by atoms with Crippen LogP contribution in [0.25, 0.3) is 0 Å². The number of aliphatic carboxylic acids is 1. The van der Waals surface area contributed by atoms with Crippen molar-refractivity contribution in [1.82, 2.24) is 4.90 Å². The molecule has 2 heterocycles. The van der Waals surface area contributed by atoms with Gasteiger partial charge in [0.05, 0.1) is 6.54 Å². The Morgan fingerprint density at radius 1 is 1.28 bits per heavy atom. The topological polar surface area (TPSA) is 85.3 Å². The molecule has 0 bridgehead atoms. The molecule has 2 aliphatic rings. The lowest BCUT2D eigenvalue weighted by molar-refractivity contribution is -0.148. The van der Waals surface area contributed by atoms with Gasteiger partial charge in [-0.2, -0.15) is 0 Å². The van der Waals surface area contributed by atoms with Crippen molar-refractivity contribution in [3.63, 3.8) is 0 Å². The fourth-order valence-corrected chi connectivity index (χ4v) is 3.32. The number of carbonyl (C=O) groups excluding carboxylic acids is 1. The van der Waals surface area contributed by atoms with E-state index in [-0.39, 0.29) is 18.4 Å². The number of hydrogen-bond donors (Lipinski definition) is 1. The van der Waals surface area contributed by atoms with Gasteiger partial charge in [0.25, 0.3) is 5.91 Å². The quantitative estimate of drug-likeness (QED) is 0.718. The predicted octanol–water partition coefficient (Wildman–Crippen LogP) is 3.46. The highest BCUT2D eigenvalue weighted by molar-refractivity contribution is 5.94. The normalized spacial score (nSPS) is 18.8. The first kappa shape index (κ1) is 20.8. The highest BCUT2D eigenvalue weighted by Crippen LogP contribution is 2.28. The van der Waals surface area contributed by atoms with Crippen molar-refractivity contribution in [2.45, 2.75) is 52.4 Å². The summed E-state index contributed by atoms with van der Waals surface area (Å²) in [6, 6.07) is 6.60. The van der Waals surface area contributed by atoms with Gasteiger partial charge in [0.1, 0.15) is 29.6 Å². The SMILES string of the molecule is CC(C)C[C@@H](C(=O)O)N1CC(Oc2ccc(CC3=COC(C)(C)O3)cc2)=CC1=O. The van der Waals surface area contributed by atoms with E-state index in [0.29, 0.717) is 24.4 Å². The summed E-state index contributed by atoms with van der Waals surface area (Å²) in [7, 11) is 0. The highest BCUT2D eigenvalue weighted by atomic mass is 16.7. The van der Waals surface area contributed by atoms with Crippen LogP contribution in [0.2, 0.25) is 0 Å². The first-order valence-corrected chi connectivity index (χ1v) is 9.69. The van der Waals surface area contributed by atoms with E-state index >= 15 is 0 Å². The number of benzene rings is 1. The van der Waals surface area contributed by atoms with Gasteiger partial charge in [0.15, 0.2) is 0 Å². The summed E-state index contributed by atoms with van der Waals surface area (Å²) >= 11 is 0. The van der Waals surface area contributed by atoms with E-state index in [0.717, 1.165) is 11.3 Å².